The Morgan fingerprint density at radius 1 is 1.45 bits per heavy atom. The average molecular weight is 278 g/mol. The summed E-state index contributed by atoms with van der Waals surface area (Å²) in [6.45, 7) is 7.60. The molecule has 0 aromatic heterocycles. The van der Waals surface area contributed by atoms with Gasteiger partial charge in [-0.25, -0.2) is 4.39 Å². The Morgan fingerprint density at radius 3 is 2.80 bits per heavy atom. The fourth-order valence-corrected chi connectivity index (χ4v) is 2.71. The highest BCUT2D eigenvalue weighted by molar-refractivity contribution is 5.31. The molecule has 1 aliphatic rings. The molecule has 1 atom stereocenters. The molecule has 3 nitrogen and oxygen atoms in total. The van der Waals surface area contributed by atoms with Crippen molar-refractivity contribution in [1.82, 2.24) is 10.2 Å². The van der Waals surface area contributed by atoms with Crippen molar-refractivity contribution in [3.8, 4) is 5.75 Å². The van der Waals surface area contributed by atoms with Gasteiger partial charge in [0.2, 0.25) is 0 Å². The van der Waals surface area contributed by atoms with Crippen LogP contribution in [0.1, 0.15) is 24.4 Å². The maximum absolute atomic E-state index is 14.3. The number of benzene rings is 1. The van der Waals surface area contributed by atoms with Crippen molar-refractivity contribution in [2.45, 2.75) is 18.9 Å². The minimum atomic E-state index is -0.183. The molecule has 1 aromatic rings. The second-order valence-corrected chi connectivity index (χ2v) is 5.06. The summed E-state index contributed by atoms with van der Waals surface area (Å²) in [6.07, 6.45) is 3.68. The molecule has 0 bridgehead atoms. The van der Waals surface area contributed by atoms with Gasteiger partial charge < -0.3 is 10.1 Å². The minimum absolute atomic E-state index is 0.112. The van der Waals surface area contributed by atoms with Crippen molar-refractivity contribution in [2.75, 3.05) is 33.3 Å². The number of halogens is 1. The van der Waals surface area contributed by atoms with Gasteiger partial charge in [0.25, 0.3) is 0 Å². The van der Waals surface area contributed by atoms with Crippen LogP contribution in [0.5, 0.6) is 5.75 Å². The highest BCUT2D eigenvalue weighted by atomic mass is 19.1. The van der Waals surface area contributed by atoms with E-state index in [2.05, 4.69) is 16.8 Å². The Morgan fingerprint density at radius 2 is 2.20 bits per heavy atom. The largest absolute Gasteiger partial charge is 0.497 e. The van der Waals surface area contributed by atoms with Crippen LogP contribution in [-0.2, 0) is 0 Å². The van der Waals surface area contributed by atoms with E-state index in [1.165, 1.54) is 6.07 Å². The summed E-state index contributed by atoms with van der Waals surface area (Å²) in [5.74, 6) is 0.381. The molecule has 0 amide bonds. The summed E-state index contributed by atoms with van der Waals surface area (Å²) < 4.78 is 19.4. The smallest absolute Gasteiger partial charge is 0.131 e. The van der Waals surface area contributed by atoms with Crippen molar-refractivity contribution in [1.29, 1.82) is 0 Å². The zero-order valence-corrected chi connectivity index (χ0v) is 12.1. The lowest BCUT2D eigenvalue weighted by Gasteiger charge is -2.35. The van der Waals surface area contributed by atoms with E-state index < -0.39 is 0 Å². The number of nitrogens with zero attached hydrogens (tertiary/aromatic N) is 1. The molecule has 1 N–H and O–H groups in total. The van der Waals surface area contributed by atoms with Crippen LogP contribution >= 0.6 is 0 Å². The lowest BCUT2D eigenvalue weighted by molar-refractivity contribution is 0.163. The molecule has 20 heavy (non-hydrogen) atoms. The molecule has 1 aromatic carbocycles. The van der Waals surface area contributed by atoms with Crippen molar-refractivity contribution in [3.63, 3.8) is 0 Å². The molecule has 2 rings (SSSR count). The molecule has 0 saturated carbocycles. The van der Waals surface area contributed by atoms with Crippen LogP contribution in [0.3, 0.4) is 0 Å². The van der Waals surface area contributed by atoms with Gasteiger partial charge in [-0.2, -0.15) is 0 Å². The lowest BCUT2D eigenvalue weighted by Crippen LogP contribution is -2.45. The van der Waals surface area contributed by atoms with Crippen molar-refractivity contribution >= 4 is 0 Å². The highest BCUT2D eigenvalue weighted by Crippen LogP contribution is 2.30. The van der Waals surface area contributed by atoms with Crippen molar-refractivity contribution in [3.05, 3.63) is 42.2 Å². The van der Waals surface area contributed by atoms with Gasteiger partial charge in [0.1, 0.15) is 11.6 Å². The predicted octanol–water partition coefficient (Wildman–Crippen LogP) is 2.75. The van der Waals surface area contributed by atoms with Crippen LogP contribution < -0.4 is 10.1 Å². The fourth-order valence-electron chi connectivity index (χ4n) is 2.71. The molecule has 1 heterocycles. The number of ether oxygens (including phenoxy) is 1. The minimum Gasteiger partial charge on any atom is -0.497 e. The van der Waals surface area contributed by atoms with Crippen LogP contribution in [-0.4, -0.2) is 38.2 Å². The van der Waals surface area contributed by atoms with Crippen LogP contribution in [0, 0.1) is 5.82 Å². The Bertz CT molecular complexity index is 444. The van der Waals surface area contributed by atoms with E-state index in [1.807, 2.05) is 18.2 Å². The first-order chi connectivity index (χ1) is 9.76. The van der Waals surface area contributed by atoms with E-state index in [0.29, 0.717) is 5.75 Å². The van der Waals surface area contributed by atoms with E-state index in [-0.39, 0.29) is 11.9 Å². The summed E-state index contributed by atoms with van der Waals surface area (Å²) in [4.78, 5) is 2.35. The third kappa shape index (κ3) is 3.58. The van der Waals surface area contributed by atoms with Gasteiger partial charge in [-0.05, 0) is 18.9 Å². The second kappa shape index (κ2) is 7.41. The maximum Gasteiger partial charge on any atom is 0.131 e. The number of hydrogen-bond donors (Lipinski definition) is 1. The molecule has 0 unspecified atom stereocenters. The summed E-state index contributed by atoms with van der Waals surface area (Å²) in [6, 6.07) is 5.27. The predicted molar refractivity (Wildman–Crippen MR) is 79.6 cm³/mol. The van der Waals surface area contributed by atoms with E-state index in [4.69, 9.17) is 4.74 Å². The average Bonchev–Trinajstić information content (AvgIpc) is 2.50. The third-order valence-corrected chi connectivity index (χ3v) is 3.80. The Balaban J connectivity index is 2.22. The van der Waals surface area contributed by atoms with Gasteiger partial charge in [-0.3, -0.25) is 4.90 Å². The monoisotopic (exact) mass is 278 g/mol. The third-order valence-electron chi connectivity index (χ3n) is 3.80. The van der Waals surface area contributed by atoms with Crippen LogP contribution in [0.25, 0.3) is 0 Å². The molecule has 0 spiro atoms. The zero-order valence-electron chi connectivity index (χ0n) is 12.1. The lowest BCUT2D eigenvalue weighted by atomic mass is 9.98. The first-order valence-electron chi connectivity index (χ1n) is 7.15. The summed E-state index contributed by atoms with van der Waals surface area (Å²) in [7, 11) is 1.56. The number of allylic oxidation sites excluding steroid dienone is 1. The van der Waals surface area contributed by atoms with Gasteiger partial charge in [0, 0.05) is 43.9 Å². The van der Waals surface area contributed by atoms with Gasteiger partial charge in [-0.1, -0.05) is 12.1 Å². The molecule has 1 saturated heterocycles. The van der Waals surface area contributed by atoms with Gasteiger partial charge >= 0.3 is 0 Å². The topological polar surface area (TPSA) is 24.5 Å². The van der Waals surface area contributed by atoms with Crippen LogP contribution in [0.2, 0.25) is 0 Å². The molecule has 110 valence electrons. The number of rotatable bonds is 6. The molecule has 0 aliphatic carbocycles. The number of methoxy groups -OCH3 is 1. The molecule has 1 fully saturated rings. The Hall–Kier alpha value is -1.39. The molecule has 0 radical (unpaired) electrons. The second-order valence-electron chi connectivity index (χ2n) is 5.06. The van der Waals surface area contributed by atoms with Gasteiger partial charge in [0.15, 0.2) is 0 Å². The van der Waals surface area contributed by atoms with E-state index in [0.717, 1.165) is 44.6 Å². The SMILES string of the molecule is C=CCC[C@@H](c1ccc(OC)cc1F)N1CCNCC1. The molecule has 4 heteroatoms. The number of nitrogens with one attached hydrogen (secondary N) is 1. The van der Waals surface area contributed by atoms with Crippen molar-refractivity contribution in [2.24, 2.45) is 0 Å². The van der Waals surface area contributed by atoms with E-state index >= 15 is 0 Å². The van der Waals surface area contributed by atoms with Crippen molar-refractivity contribution < 1.29 is 9.13 Å². The van der Waals surface area contributed by atoms with Crippen LogP contribution in [0.15, 0.2) is 30.9 Å². The molecular weight excluding hydrogens is 255 g/mol. The van der Waals surface area contributed by atoms with E-state index in [1.54, 1.807) is 7.11 Å². The number of hydrogen-bond acceptors (Lipinski definition) is 3. The molecular formula is C16H23FN2O. The fraction of sp³-hybridized carbons (Fsp3) is 0.500. The zero-order chi connectivity index (χ0) is 14.4. The van der Waals surface area contributed by atoms with Gasteiger partial charge in [-0.15, -0.1) is 6.58 Å². The quantitative estimate of drug-likeness (QED) is 0.810. The highest BCUT2D eigenvalue weighted by Gasteiger charge is 2.24. The summed E-state index contributed by atoms with van der Waals surface area (Å²) >= 11 is 0. The van der Waals surface area contributed by atoms with Gasteiger partial charge in [0.05, 0.1) is 7.11 Å². The van der Waals surface area contributed by atoms with Crippen LogP contribution in [0.4, 0.5) is 4.39 Å². The first kappa shape index (κ1) is 15.0. The number of piperazine rings is 1. The first-order valence-corrected chi connectivity index (χ1v) is 7.15. The summed E-state index contributed by atoms with van der Waals surface area (Å²) in [5.41, 5.74) is 0.759. The normalized spacial score (nSPS) is 17.7. The van der Waals surface area contributed by atoms with E-state index in [9.17, 15) is 4.39 Å². The standard InChI is InChI=1S/C16H23FN2O/c1-3-4-5-16(19-10-8-18-9-11-19)14-7-6-13(20-2)12-15(14)17/h3,6-7,12,16,18H,1,4-5,8-11H2,2H3/t16-/m0/s1. The Labute approximate surface area is 120 Å². The Kier molecular flexibility index (Phi) is 5.56. The summed E-state index contributed by atoms with van der Waals surface area (Å²) in [5, 5.41) is 3.33. The maximum atomic E-state index is 14.3. The molecule has 1 aliphatic heterocycles.